The number of hydrogen-bond donors (Lipinski definition) is 1. The van der Waals surface area contributed by atoms with Crippen LogP contribution in [0.5, 0.6) is 0 Å². The summed E-state index contributed by atoms with van der Waals surface area (Å²) in [4.78, 5) is 34.4. The second-order valence-corrected chi connectivity index (χ2v) is 10.0. The van der Waals surface area contributed by atoms with Crippen LogP contribution in [0.4, 0.5) is 4.39 Å². The average molecular weight is 506 g/mol. The Morgan fingerprint density at radius 3 is 2.50 bits per heavy atom. The van der Waals surface area contributed by atoms with E-state index in [1.165, 1.54) is 12.1 Å². The van der Waals surface area contributed by atoms with Gasteiger partial charge in [-0.2, -0.15) is 0 Å². The topological polar surface area (TPSA) is 56.4 Å². The van der Waals surface area contributed by atoms with Crippen LogP contribution in [0.3, 0.4) is 0 Å². The fourth-order valence-electron chi connectivity index (χ4n) is 4.27. The molecule has 0 aliphatic rings. The number of nitrogens with zero attached hydrogens (tertiary/aromatic N) is 2. The number of benzene rings is 2. The molecule has 0 aliphatic heterocycles. The lowest BCUT2D eigenvalue weighted by atomic mass is 10.1. The zero-order chi connectivity index (χ0) is 25.3. The third-order valence-corrected chi connectivity index (χ3v) is 7.21. The van der Waals surface area contributed by atoms with Crippen LogP contribution in [0.2, 0.25) is 0 Å². The quantitative estimate of drug-likeness (QED) is 0.264. The van der Waals surface area contributed by atoms with Gasteiger partial charge < -0.3 is 14.8 Å². The number of carbonyl (C=O) groups excluding carboxylic acids is 2. The number of rotatable bonds is 12. The fraction of sp³-hybridized carbons (Fsp3) is 0.310. The Balaban J connectivity index is 1.50. The minimum atomic E-state index is -0.305. The molecule has 2 aromatic carbocycles. The number of aromatic amines is 1. The normalized spacial score (nSPS) is 11.1. The number of H-pyrrole nitrogens is 1. The number of hydrogen-bond acceptors (Lipinski definition) is 3. The second kappa shape index (κ2) is 12.5. The Bertz CT molecular complexity index is 1270. The lowest BCUT2D eigenvalue weighted by Crippen LogP contribution is -2.44. The number of aromatic nitrogens is 1. The smallest absolute Gasteiger partial charge is 0.242 e. The molecular formula is C29H32FN3O2S. The molecule has 2 heterocycles. The maximum absolute atomic E-state index is 13.6. The number of amides is 2. The third-order valence-electron chi connectivity index (χ3n) is 6.33. The van der Waals surface area contributed by atoms with E-state index >= 15 is 0 Å². The zero-order valence-electron chi connectivity index (χ0n) is 20.6. The minimum Gasteiger partial charge on any atom is -0.361 e. The highest BCUT2D eigenvalue weighted by Crippen LogP contribution is 2.19. The molecule has 0 spiro atoms. The van der Waals surface area contributed by atoms with Crippen molar-refractivity contribution in [1.29, 1.82) is 0 Å². The second-order valence-electron chi connectivity index (χ2n) is 8.98. The van der Waals surface area contributed by atoms with E-state index in [4.69, 9.17) is 0 Å². The Morgan fingerprint density at radius 1 is 0.944 bits per heavy atom. The van der Waals surface area contributed by atoms with Gasteiger partial charge in [0, 0.05) is 41.6 Å². The molecule has 1 N–H and O–H groups in total. The van der Waals surface area contributed by atoms with Gasteiger partial charge >= 0.3 is 0 Å². The van der Waals surface area contributed by atoms with E-state index in [1.807, 2.05) is 41.9 Å². The molecule has 0 saturated carbocycles. The van der Waals surface area contributed by atoms with Crippen molar-refractivity contribution in [3.8, 4) is 0 Å². The molecule has 2 aromatic heterocycles. The molecule has 2 amide bonds. The number of carbonyl (C=O) groups is 2. The van der Waals surface area contributed by atoms with Crippen molar-refractivity contribution in [2.45, 2.75) is 39.2 Å². The number of fused-ring (bicyclic) bond motifs is 1. The van der Waals surface area contributed by atoms with E-state index in [1.54, 1.807) is 33.3 Å². The standard InChI is InChI=1S/C29H32FN3O2S/c1-2-3-15-32(28(34)18-25-7-6-17-36-25)21-29(35)33(20-22-10-12-24(30)13-11-22)16-14-23-19-31-27-9-5-4-8-26(23)27/h4-13,17,19,31H,2-3,14-16,18,20-21H2,1H3. The number of para-hydroxylation sites is 1. The van der Waals surface area contributed by atoms with E-state index in [9.17, 15) is 14.0 Å². The van der Waals surface area contributed by atoms with E-state index in [0.29, 0.717) is 32.5 Å². The van der Waals surface area contributed by atoms with Crippen LogP contribution in [0.25, 0.3) is 10.9 Å². The SMILES string of the molecule is CCCCN(CC(=O)N(CCc1c[nH]c2ccccc12)Cc1ccc(F)cc1)C(=O)Cc1cccs1. The predicted molar refractivity (Wildman–Crippen MR) is 143 cm³/mol. The van der Waals surface area contributed by atoms with Crippen molar-refractivity contribution in [1.82, 2.24) is 14.8 Å². The minimum absolute atomic E-state index is 0.0300. The summed E-state index contributed by atoms with van der Waals surface area (Å²) in [6.45, 7) is 3.53. The van der Waals surface area contributed by atoms with Crippen LogP contribution >= 0.6 is 11.3 Å². The maximum Gasteiger partial charge on any atom is 0.242 e. The maximum atomic E-state index is 13.6. The Labute approximate surface area is 215 Å². The summed E-state index contributed by atoms with van der Waals surface area (Å²) < 4.78 is 13.5. The third kappa shape index (κ3) is 6.82. The van der Waals surface area contributed by atoms with Gasteiger partial charge in [-0.1, -0.05) is 49.7 Å². The van der Waals surface area contributed by atoms with E-state index < -0.39 is 0 Å². The van der Waals surface area contributed by atoms with Gasteiger partial charge in [0.2, 0.25) is 11.8 Å². The van der Waals surface area contributed by atoms with Gasteiger partial charge in [-0.05, 0) is 53.6 Å². The molecular weight excluding hydrogens is 473 g/mol. The monoisotopic (exact) mass is 505 g/mol. The molecule has 4 aromatic rings. The molecule has 0 aliphatic carbocycles. The van der Waals surface area contributed by atoms with Crippen LogP contribution in [0, 0.1) is 5.82 Å². The molecule has 5 nitrogen and oxygen atoms in total. The highest BCUT2D eigenvalue weighted by molar-refractivity contribution is 7.10. The summed E-state index contributed by atoms with van der Waals surface area (Å²) in [5, 5.41) is 3.10. The van der Waals surface area contributed by atoms with Gasteiger partial charge in [-0.15, -0.1) is 11.3 Å². The lowest BCUT2D eigenvalue weighted by Gasteiger charge is -2.28. The van der Waals surface area contributed by atoms with Gasteiger partial charge in [-0.25, -0.2) is 4.39 Å². The molecule has 4 rings (SSSR count). The van der Waals surface area contributed by atoms with Crippen molar-refractivity contribution in [3.63, 3.8) is 0 Å². The van der Waals surface area contributed by atoms with Gasteiger partial charge in [0.15, 0.2) is 0 Å². The Kier molecular flexibility index (Phi) is 8.90. The zero-order valence-corrected chi connectivity index (χ0v) is 21.4. The van der Waals surface area contributed by atoms with Gasteiger partial charge in [0.25, 0.3) is 0 Å². The average Bonchev–Trinajstić information content (AvgIpc) is 3.55. The summed E-state index contributed by atoms with van der Waals surface area (Å²) >= 11 is 1.55. The number of unbranched alkanes of at least 4 members (excludes halogenated alkanes) is 1. The Hall–Kier alpha value is -3.45. The van der Waals surface area contributed by atoms with Crippen LogP contribution in [0.1, 0.15) is 35.8 Å². The molecule has 188 valence electrons. The first-order valence-electron chi connectivity index (χ1n) is 12.4. The first-order valence-corrected chi connectivity index (χ1v) is 13.3. The number of thiophene rings is 1. The van der Waals surface area contributed by atoms with Crippen molar-refractivity contribution in [2.75, 3.05) is 19.6 Å². The van der Waals surface area contributed by atoms with Crippen LogP contribution in [-0.2, 0) is 29.0 Å². The molecule has 36 heavy (non-hydrogen) atoms. The summed E-state index contributed by atoms with van der Waals surface area (Å²) in [5.74, 6) is -0.437. The van der Waals surface area contributed by atoms with Crippen molar-refractivity contribution < 1.29 is 14.0 Å². The Morgan fingerprint density at radius 2 is 1.75 bits per heavy atom. The molecule has 0 bridgehead atoms. The molecule has 0 radical (unpaired) electrons. The van der Waals surface area contributed by atoms with Crippen LogP contribution < -0.4 is 0 Å². The summed E-state index contributed by atoms with van der Waals surface area (Å²) in [6.07, 6.45) is 4.76. The lowest BCUT2D eigenvalue weighted by molar-refractivity contribution is -0.140. The van der Waals surface area contributed by atoms with Gasteiger partial charge in [0.1, 0.15) is 5.82 Å². The molecule has 0 saturated heterocycles. The number of halogens is 1. The summed E-state index contributed by atoms with van der Waals surface area (Å²) in [7, 11) is 0. The van der Waals surface area contributed by atoms with Gasteiger partial charge in [0.05, 0.1) is 13.0 Å². The highest BCUT2D eigenvalue weighted by atomic mass is 32.1. The first kappa shape index (κ1) is 25.6. The number of nitrogens with one attached hydrogen (secondary N) is 1. The summed E-state index contributed by atoms with van der Waals surface area (Å²) in [5.41, 5.74) is 3.06. The first-order chi connectivity index (χ1) is 17.5. The van der Waals surface area contributed by atoms with Crippen molar-refractivity contribution >= 4 is 34.1 Å². The van der Waals surface area contributed by atoms with E-state index in [-0.39, 0.29) is 24.2 Å². The van der Waals surface area contributed by atoms with Gasteiger partial charge in [-0.3, -0.25) is 9.59 Å². The van der Waals surface area contributed by atoms with Crippen LogP contribution in [-0.4, -0.2) is 46.2 Å². The van der Waals surface area contributed by atoms with E-state index in [2.05, 4.69) is 18.0 Å². The molecule has 7 heteroatoms. The van der Waals surface area contributed by atoms with Crippen LogP contribution in [0.15, 0.2) is 72.2 Å². The predicted octanol–water partition coefficient (Wildman–Crippen LogP) is 5.81. The molecule has 0 fully saturated rings. The van der Waals surface area contributed by atoms with E-state index in [0.717, 1.165) is 39.7 Å². The molecule has 0 atom stereocenters. The van der Waals surface area contributed by atoms with Crippen molar-refractivity contribution in [3.05, 3.63) is 94.1 Å². The highest BCUT2D eigenvalue weighted by Gasteiger charge is 2.22. The summed E-state index contributed by atoms with van der Waals surface area (Å²) in [6, 6.07) is 18.2. The van der Waals surface area contributed by atoms with Crippen molar-refractivity contribution in [2.24, 2.45) is 0 Å². The largest absolute Gasteiger partial charge is 0.361 e. The fourth-order valence-corrected chi connectivity index (χ4v) is 4.97. The molecule has 0 unspecified atom stereocenters.